The summed E-state index contributed by atoms with van der Waals surface area (Å²) in [5.41, 5.74) is 6.01. The van der Waals surface area contributed by atoms with Crippen molar-refractivity contribution < 1.29 is 9.47 Å². The van der Waals surface area contributed by atoms with Gasteiger partial charge in [0.1, 0.15) is 17.2 Å². The fourth-order valence-electron chi connectivity index (χ4n) is 3.84. The van der Waals surface area contributed by atoms with Crippen LogP contribution in [-0.2, 0) is 0 Å². The van der Waals surface area contributed by atoms with Crippen LogP contribution >= 0.6 is 0 Å². The molecule has 1 aliphatic rings. The minimum absolute atomic E-state index is 0.258. The van der Waals surface area contributed by atoms with Gasteiger partial charge in [0.25, 0.3) is 0 Å². The molecule has 0 amide bonds. The molecule has 6 heteroatoms. The normalized spacial score (nSPS) is 12.7. The standard InChI is InChI=1S/C23H18N4O2/c1-14-6-9-21-26-22(17-11-24-18-5-3-2-4-16(17)18)23(27(21)12-14)25-15-7-8-19-20(10-15)29-13-28-19/h2-12,24-25H,13H2,1H3. The Morgan fingerprint density at radius 1 is 1.03 bits per heavy atom. The summed E-state index contributed by atoms with van der Waals surface area (Å²) in [7, 11) is 0. The van der Waals surface area contributed by atoms with E-state index in [2.05, 4.69) is 46.0 Å². The molecule has 6 rings (SSSR count). The van der Waals surface area contributed by atoms with Crippen molar-refractivity contribution in [1.82, 2.24) is 14.4 Å². The van der Waals surface area contributed by atoms with Gasteiger partial charge in [-0.15, -0.1) is 0 Å². The summed E-state index contributed by atoms with van der Waals surface area (Å²) in [6.45, 7) is 2.34. The van der Waals surface area contributed by atoms with E-state index < -0.39 is 0 Å². The fourth-order valence-corrected chi connectivity index (χ4v) is 3.84. The van der Waals surface area contributed by atoms with Gasteiger partial charge in [-0.1, -0.05) is 24.3 Å². The lowest BCUT2D eigenvalue weighted by atomic mass is 10.1. The Morgan fingerprint density at radius 3 is 2.90 bits per heavy atom. The highest BCUT2D eigenvalue weighted by Gasteiger charge is 2.19. The number of para-hydroxylation sites is 1. The predicted molar refractivity (Wildman–Crippen MR) is 113 cm³/mol. The SMILES string of the molecule is Cc1ccc2nc(-c3c[nH]c4ccccc34)c(Nc3ccc4c(c3)OCO4)n2c1. The maximum Gasteiger partial charge on any atom is 0.231 e. The molecule has 4 heterocycles. The number of hydrogen-bond donors (Lipinski definition) is 2. The topological polar surface area (TPSA) is 63.6 Å². The van der Waals surface area contributed by atoms with Crippen molar-refractivity contribution in [2.45, 2.75) is 6.92 Å². The molecule has 5 aromatic rings. The lowest BCUT2D eigenvalue weighted by Gasteiger charge is -2.10. The van der Waals surface area contributed by atoms with Gasteiger partial charge in [0.15, 0.2) is 11.5 Å². The first-order valence-electron chi connectivity index (χ1n) is 9.48. The molecule has 142 valence electrons. The molecule has 0 unspecified atom stereocenters. The van der Waals surface area contributed by atoms with Crippen LogP contribution in [0.5, 0.6) is 11.5 Å². The van der Waals surface area contributed by atoms with Gasteiger partial charge in [-0.2, -0.15) is 0 Å². The third-order valence-corrected chi connectivity index (χ3v) is 5.25. The second-order valence-electron chi connectivity index (χ2n) is 7.18. The van der Waals surface area contributed by atoms with E-state index in [0.29, 0.717) is 0 Å². The lowest BCUT2D eigenvalue weighted by molar-refractivity contribution is 0.174. The Morgan fingerprint density at radius 2 is 1.93 bits per heavy atom. The number of aromatic amines is 1. The molecule has 2 N–H and O–H groups in total. The van der Waals surface area contributed by atoms with Crippen LogP contribution in [0, 0.1) is 6.92 Å². The van der Waals surface area contributed by atoms with E-state index in [9.17, 15) is 0 Å². The van der Waals surface area contributed by atoms with E-state index in [1.165, 1.54) is 0 Å². The minimum atomic E-state index is 0.258. The molecule has 0 atom stereocenters. The molecule has 0 saturated carbocycles. The van der Waals surface area contributed by atoms with Crippen LogP contribution in [0.3, 0.4) is 0 Å². The molecular formula is C23H18N4O2. The Hall–Kier alpha value is -3.93. The van der Waals surface area contributed by atoms with Crippen LogP contribution < -0.4 is 14.8 Å². The number of aromatic nitrogens is 3. The molecule has 0 saturated heterocycles. The Balaban J connectivity index is 1.56. The Bertz CT molecular complexity index is 1380. The molecule has 0 bridgehead atoms. The predicted octanol–water partition coefficient (Wildman–Crippen LogP) is 5.26. The maximum absolute atomic E-state index is 5.54. The number of H-pyrrole nitrogens is 1. The number of pyridine rings is 1. The van der Waals surface area contributed by atoms with Crippen molar-refractivity contribution in [2.75, 3.05) is 12.1 Å². The first-order valence-corrected chi connectivity index (χ1v) is 9.48. The first kappa shape index (κ1) is 16.1. The van der Waals surface area contributed by atoms with E-state index in [0.717, 1.165) is 56.4 Å². The van der Waals surface area contributed by atoms with Crippen molar-refractivity contribution in [3.8, 4) is 22.8 Å². The number of aryl methyl sites for hydroxylation is 1. The third-order valence-electron chi connectivity index (χ3n) is 5.25. The highest BCUT2D eigenvalue weighted by molar-refractivity contribution is 5.98. The highest BCUT2D eigenvalue weighted by atomic mass is 16.7. The maximum atomic E-state index is 5.54. The van der Waals surface area contributed by atoms with Gasteiger partial charge in [-0.25, -0.2) is 4.98 Å². The molecular weight excluding hydrogens is 364 g/mol. The number of rotatable bonds is 3. The van der Waals surface area contributed by atoms with Crippen molar-refractivity contribution in [3.63, 3.8) is 0 Å². The third kappa shape index (κ3) is 2.53. The van der Waals surface area contributed by atoms with E-state index in [-0.39, 0.29) is 6.79 Å². The number of nitrogens with one attached hydrogen (secondary N) is 2. The van der Waals surface area contributed by atoms with Crippen LogP contribution in [0.1, 0.15) is 5.56 Å². The number of ether oxygens (including phenoxy) is 2. The summed E-state index contributed by atoms with van der Waals surface area (Å²) in [4.78, 5) is 8.29. The summed E-state index contributed by atoms with van der Waals surface area (Å²) in [5, 5.41) is 4.70. The van der Waals surface area contributed by atoms with Crippen LogP contribution in [0.4, 0.5) is 11.5 Å². The Kier molecular flexibility index (Phi) is 3.34. The van der Waals surface area contributed by atoms with Gasteiger partial charge in [0.2, 0.25) is 6.79 Å². The second-order valence-corrected chi connectivity index (χ2v) is 7.18. The average molecular weight is 382 g/mol. The van der Waals surface area contributed by atoms with Gasteiger partial charge in [0, 0.05) is 40.6 Å². The zero-order chi connectivity index (χ0) is 19.4. The average Bonchev–Trinajstić information content (AvgIpc) is 3.45. The quantitative estimate of drug-likeness (QED) is 0.447. The monoisotopic (exact) mass is 382 g/mol. The van der Waals surface area contributed by atoms with Gasteiger partial charge >= 0.3 is 0 Å². The van der Waals surface area contributed by atoms with Crippen molar-refractivity contribution in [3.05, 3.63) is 72.6 Å². The molecule has 0 fully saturated rings. The van der Waals surface area contributed by atoms with Gasteiger partial charge in [0.05, 0.1) is 0 Å². The van der Waals surface area contributed by atoms with Crippen LogP contribution in [0.25, 0.3) is 27.8 Å². The number of fused-ring (bicyclic) bond motifs is 3. The minimum Gasteiger partial charge on any atom is -0.454 e. The first-order chi connectivity index (χ1) is 14.3. The van der Waals surface area contributed by atoms with E-state index in [1.54, 1.807) is 0 Å². The van der Waals surface area contributed by atoms with Gasteiger partial charge in [-0.05, 0) is 36.8 Å². The van der Waals surface area contributed by atoms with E-state index in [4.69, 9.17) is 14.5 Å². The number of nitrogens with zero attached hydrogens (tertiary/aromatic N) is 2. The lowest BCUT2D eigenvalue weighted by Crippen LogP contribution is -1.97. The summed E-state index contributed by atoms with van der Waals surface area (Å²) in [6, 6.07) is 18.2. The number of benzene rings is 2. The molecule has 6 nitrogen and oxygen atoms in total. The zero-order valence-electron chi connectivity index (χ0n) is 15.8. The van der Waals surface area contributed by atoms with Crippen molar-refractivity contribution in [2.24, 2.45) is 0 Å². The van der Waals surface area contributed by atoms with Gasteiger partial charge in [-0.3, -0.25) is 4.40 Å². The molecule has 29 heavy (non-hydrogen) atoms. The summed E-state index contributed by atoms with van der Waals surface area (Å²) in [6.07, 6.45) is 4.11. The van der Waals surface area contributed by atoms with E-state index in [1.807, 2.05) is 42.6 Å². The number of hydrogen-bond acceptors (Lipinski definition) is 4. The molecule has 1 aliphatic heterocycles. The number of anilines is 2. The molecule has 3 aromatic heterocycles. The Labute approximate surface area is 166 Å². The van der Waals surface area contributed by atoms with Crippen molar-refractivity contribution in [1.29, 1.82) is 0 Å². The zero-order valence-corrected chi connectivity index (χ0v) is 15.8. The fraction of sp³-hybridized carbons (Fsp3) is 0.0870. The molecule has 0 spiro atoms. The molecule has 0 aliphatic carbocycles. The van der Waals surface area contributed by atoms with Crippen molar-refractivity contribution >= 4 is 28.1 Å². The van der Waals surface area contributed by atoms with E-state index >= 15 is 0 Å². The smallest absolute Gasteiger partial charge is 0.231 e. The largest absolute Gasteiger partial charge is 0.454 e. The van der Waals surface area contributed by atoms with Crippen LogP contribution in [-0.4, -0.2) is 21.2 Å². The van der Waals surface area contributed by atoms with Crippen LogP contribution in [0.15, 0.2) is 67.0 Å². The molecule has 2 aromatic carbocycles. The second kappa shape index (κ2) is 6.04. The summed E-state index contributed by atoms with van der Waals surface area (Å²) in [5.74, 6) is 2.42. The summed E-state index contributed by atoms with van der Waals surface area (Å²) < 4.78 is 13.1. The van der Waals surface area contributed by atoms with Crippen LogP contribution in [0.2, 0.25) is 0 Å². The highest BCUT2D eigenvalue weighted by Crippen LogP contribution is 2.38. The number of imidazole rings is 1. The molecule has 0 radical (unpaired) electrons. The summed E-state index contributed by atoms with van der Waals surface area (Å²) >= 11 is 0. The van der Waals surface area contributed by atoms with Gasteiger partial charge < -0.3 is 19.8 Å².